The Kier molecular flexibility index (Phi) is 4.95. The van der Waals surface area contributed by atoms with E-state index in [0.717, 1.165) is 36.2 Å². The highest BCUT2D eigenvalue weighted by molar-refractivity contribution is 5.96. The zero-order valence-electron chi connectivity index (χ0n) is 18.1. The van der Waals surface area contributed by atoms with Gasteiger partial charge in [-0.3, -0.25) is 9.89 Å². The Balaban J connectivity index is 1.36. The number of anilines is 2. The topological polar surface area (TPSA) is 73.9 Å². The fraction of sp³-hybridized carbons (Fsp3) is 0.375. The van der Waals surface area contributed by atoms with Crippen LogP contribution in [0.5, 0.6) is 0 Å². The molecular formula is C24H25F2N5O. The molecule has 2 aromatic heterocycles. The third-order valence-corrected chi connectivity index (χ3v) is 6.34. The van der Waals surface area contributed by atoms with Gasteiger partial charge in [0.05, 0.1) is 11.7 Å². The lowest BCUT2D eigenvalue weighted by molar-refractivity contribution is -0.117. The summed E-state index contributed by atoms with van der Waals surface area (Å²) in [7, 11) is 0. The van der Waals surface area contributed by atoms with Gasteiger partial charge in [-0.2, -0.15) is 9.49 Å². The molecule has 1 saturated heterocycles. The van der Waals surface area contributed by atoms with Crippen LogP contribution in [0, 0.1) is 17.2 Å². The first-order chi connectivity index (χ1) is 15.3. The molecule has 1 aliphatic carbocycles. The van der Waals surface area contributed by atoms with E-state index in [0.29, 0.717) is 23.6 Å². The molecule has 0 spiro atoms. The zero-order valence-corrected chi connectivity index (χ0v) is 18.1. The monoisotopic (exact) mass is 437 g/mol. The quantitative estimate of drug-likeness (QED) is 0.590. The second-order valence-electron chi connectivity index (χ2n) is 9.46. The highest BCUT2D eigenvalue weighted by Crippen LogP contribution is 2.38. The van der Waals surface area contributed by atoms with Crippen LogP contribution >= 0.6 is 0 Å². The van der Waals surface area contributed by atoms with Crippen molar-refractivity contribution in [2.24, 2.45) is 5.41 Å². The van der Waals surface area contributed by atoms with Gasteiger partial charge in [-0.15, -0.1) is 0 Å². The van der Waals surface area contributed by atoms with Gasteiger partial charge in [-0.1, -0.05) is 13.8 Å². The Hall–Kier alpha value is -3.29. The molecule has 8 heteroatoms. The smallest absolute Gasteiger partial charge is 0.229 e. The number of amides is 1. The maximum Gasteiger partial charge on any atom is 0.229 e. The van der Waals surface area contributed by atoms with Gasteiger partial charge in [0.1, 0.15) is 11.6 Å². The Morgan fingerprint density at radius 3 is 2.75 bits per heavy atom. The van der Waals surface area contributed by atoms with Crippen molar-refractivity contribution in [3.63, 3.8) is 0 Å². The fourth-order valence-electron chi connectivity index (χ4n) is 4.68. The van der Waals surface area contributed by atoms with E-state index in [1.807, 2.05) is 0 Å². The molecule has 5 rings (SSSR count). The highest BCUT2D eigenvalue weighted by atomic mass is 19.1. The van der Waals surface area contributed by atoms with Crippen molar-refractivity contribution in [2.45, 2.75) is 45.6 Å². The Labute approximate surface area is 185 Å². The molecule has 1 unspecified atom stereocenters. The fourth-order valence-corrected chi connectivity index (χ4v) is 4.68. The van der Waals surface area contributed by atoms with Crippen LogP contribution in [0.2, 0.25) is 0 Å². The molecule has 166 valence electrons. The van der Waals surface area contributed by atoms with E-state index in [9.17, 15) is 13.6 Å². The number of benzene rings is 1. The van der Waals surface area contributed by atoms with Crippen molar-refractivity contribution in [1.82, 2.24) is 15.2 Å². The maximum absolute atomic E-state index is 14.4. The third kappa shape index (κ3) is 3.97. The average Bonchev–Trinajstić information content (AvgIpc) is 3.30. The summed E-state index contributed by atoms with van der Waals surface area (Å²) in [5.41, 5.74) is 4.53. The van der Waals surface area contributed by atoms with E-state index in [4.69, 9.17) is 0 Å². The van der Waals surface area contributed by atoms with E-state index in [2.05, 4.69) is 34.3 Å². The predicted molar refractivity (Wildman–Crippen MR) is 118 cm³/mol. The summed E-state index contributed by atoms with van der Waals surface area (Å²) in [6, 6.07) is 8.76. The summed E-state index contributed by atoms with van der Waals surface area (Å²) >= 11 is 0. The van der Waals surface area contributed by atoms with Gasteiger partial charge in [-0.05, 0) is 55.0 Å². The summed E-state index contributed by atoms with van der Waals surface area (Å²) in [4.78, 5) is 18.1. The molecule has 3 aromatic rings. The largest absolute Gasteiger partial charge is 0.365 e. The number of hydrogen-bond donors (Lipinski definition) is 2. The average molecular weight is 437 g/mol. The number of hydrogen-bond acceptors (Lipinski definition) is 4. The lowest BCUT2D eigenvalue weighted by Gasteiger charge is -2.29. The van der Waals surface area contributed by atoms with Crippen LogP contribution in [-0.4, -0.2) is 33.7 Å². The van der Waals surface area contributed by atoms with Gasteiger partial charge in [0.25, 0.3) is 0 Å². The number of halogens is 2. The predicted octanol–water partition coefficient (Wildman–Crippen LogP) is 4.48. The second kappa shape index (κ2) is 7.69. The molecule has 1 atom stereocenters. The van der Waals surface area contributed by atoms with E-state index in [1.165, 1.54) is 18.2 Å². The molecule has 3 heterocycles. The molecule has 1 aliphatic heterocycles. The van der Waals surface area contributed by atoms with Crippen LogP contribution < -0.4 is 10.2 Å². The van der Waals surface area contributed by atoms with Crippen molar-refractivity contribution in [3.8, 4) is 11.3 Å². The molecule has 1 fully saturated rings. The molecule has 0 saturated carbocycles. The lowest BCUT2D eigenvalue weighted by Crippen LogP contribution is -2.27. The highest BCUT2D eigenvalue weighted by Gasteiger charge is 2.32. The number of aromatic nitrogens is 3. The van der Waals surface area contributed by atoms with E-state index < -0.39 is 5.95 Å². The molecular weight excluding hydrogens is 412 g/mol. The standard InChI is InChI=1S/C24H25F2N5O/c1-24(2)8-7-18-19(12-24)29-30-23(18)14-9-20(26)28-21(10-14)27-16-11-22(32)31(13-16)17-5-3-15(25)4-6-17/h3-6,9-10,16H,7-8,11-13H2,1-2H3,(H,27,28)(H,29,30). The molecule has 1 amide bonds. The van der Waals surface area contributed by atoms with Gasteiger partial charge in [0, 0.05) is 41.5 Å². The Bertz CT molecular complexity index is 1170. The van der Waals surface area contributed by atoms with Gasteiger partial charge in [0.15, 0.2) is 0 Å². The van der Waals surface area contributed by atoms with Crippen LogP contribution in [0.3, 0.4) is 0 Å². The summed E-state index contributed by atoms with van der Waals surface area (Å²) in [6.45, 7) is 4.87. The number of pyridine rings is 1. The summed E-state index contributed by atoms with van der Waals surface area (Å²) in [6.07, 6.45) is 3.11. The van der Waals surface area contributed by atoms with Crippen LogP contribution in [0.25, 0.3) is 11.3 Å². The van der Waals surface area contributed by atoms with Crippen molar-refractivity contribution in [2.75, 3.05) is 16.8 Å². The molecule has 32 heavy (non-hydrogen) atoms. The number of H-pyrrole nitrogens is 1. The summed E-state index contributed by atoms with van der Waals surface area (Å²) in [5, 5.41) is 10.8. The molecule has 2 aliphatic rings. The van der Waals surface area contributed by atoms with E-state index in [-0.39, 0.29) is 29.6 Å². The number of carbonyl (C=O) groups excluding carboxylic acids is 1. The lowest BCUT2D eigenvalue weighted by atomic mass is 9.76. The molecule has 0 bridgehead atoms. The normalized spacial score (nSPS) is 19.8. The van der Waals surface area contributed by atoms with Gasteiger partial charge in [-0.25, -0.2) is 9.37 Å². The second-order valence-corrected chi connectivity index (χ2v) is 9.46. The van der Waals surface area contributed by atoms with Crippen LogP contribution in [0.1, 0.15) is 37.9 Å². The minimum Gasteiger partial charge on any atom is -0.365 e. The molecule has 1 aromatic carbocycles. The first-order valence-corrected chi connectivity index (χ1v) is 10.8. The number of rotatable bonds is 4. The van der Waals surface area contributed by atoms with Gasteiger partial charge >= 0.3 is 0 Å². The minimum atomic E-state index is -0.599. The van der Waals surface area contributed by atoms with Crippen LogP contribution in [-0.2, 0) is 17.6 Å². The molecule has 0 radical (unpaired) electrons. The van der Waals surface area contributed by atoms with E-state index >= 15 is 0 Å². The van der Waals surface area contributed by atoms with Crippen LogP contribution in [0.15, 0.2) is 36.4 Å². The van der Waals surface area contributed by atoms with Crippen molar-refractivity contribution >= 4 is 17.4 Å². The molecule has 6 nitrogen and oxygen atoms in total. The Morgan fingerprint density at radius 1 is 1.19 bits per heavy atom. The molecule has 2 N–H and O–H groups in total. The Morgan fingerprint density at radius 2 is 1.97 bits per heavy atom. The number of carbonyl (C=O) groups is 1. The van der Waals surface area contributed by atoms with Gasteiger partial charge in [0.2, 0.25) is 11.9 Å². The van der Waals surface area contributed by atoms with Gasteiger partial charge < -0.3 is 10.2 Å². The summed E-state index contributed by atoms with van der Waals surface area (Å²) < 4.78 is 27.6. The van der Waals surface area contributed by atoms with Crippen molar-refractivity contribution < 1.29 is 13.6 Å². The number of fused-ring (bicyclic) bond motifs is 1. The van der Waals surface area contributed by atoms with Crippen LogP contribution in [0.4, 0.5) is 20.3 Å². The summed E-state index contributed by atoms with van der Waals surface area (Å²) in [5.74, 6) is -0.658. The number of nitrogens with zero attached hydrogens (tertiary/aromatic N) is 3. The maximum atomic E-state index is 14.4. The third-order valence-electron chi connectivity index (χ3n) is 6.34. The van der Waals surface area contributed by atoms with E-state index in [1.54, 1.807) is 23.1 Å². The van der Waals surface area contributed by atoms with Crippen molar-refractivity contribution in [3.05, 3.63) is 59.4 Å². The first kappa shape index (κ1) is 20.6. The first-order valence-electron chi connectivity index (χ1n) is 10.8. The minimum absolute atomic E-state index is 0.0743. The number of aromatic amines is 1. The zero-order chi connectivity index (χ0) is 22.5. The SMILES string of the molecule is CC1(C)CCc2c(-c3cc(F)nc(NC4CC(=O)N(c5ccc(F)cc5)C4)c3)n[nH]c2C1. The van der Waals surface area contributed by atoms with Crippen molar-refractivity contribution in [1.29, 1.82) is 0 Å². The number of nitrogens with one attached hydrogen (secondary N) is 2.